The standard InChI is InChI=1S/C11H13ClIN/c12-10-5-4-7(13)6-9(10)8-2-1-3-11(8)14/h4-6,8,11H,1-3,14H2. The van der Waals surface area contributed by atoms with Gasteiger partial charge in [0.15, 0.2) is 0 Å². The Bertz CT molecular complexity index is 340. The van der Waals surface area contributed by atoms with E-state index in [0.717, 1.165) is 11.4 Å². The molecule has 2 rings (SSSR count). The van der Waals surface area contributed by atoms with Gasteiger partial charge in [-0.25, -0.2) is 0 Å². The van der Waals surface area contributed by atoms with Gasteiger partial charge in [0.1, 0.15) is 0 Å². The summed E-state index contributed by atoms with van der Waals surface area (Å²) in [6.07, 6.45) is 3.54. The predicted octanol–water partition coefficient (Wildman–Crippen LogP) is 3.54. The van der Waals surface area contributed by atoms with Gasteiger partial charge in [-0.05, 0) is 59.2 Å². The summed E-state index contributed by atoms with van der Waals surface area (Å²) in [5, 5.41) is 0.868. The molecule has 2 N–H and O–H groups in total. The summed E-state index contributed by atoms with van der Waals surface area (Å²) in [5.41, 5.74) is 7.31. The third-order valence-electron chi connectivity index (χ3n) is 2.93. The van der Waals surface area contributed by atoms with Gasteiger partial charge in [-0.15, -0.1) is 0 Å². The maximum Gasteiger partial charge on any atom is 0.0442 e. The molecule has 3 heteroatoms. The van der Waals surface area contributed by atoms with Gasteiger partial charge in [0.05, 0.1) is 0 Å². The summed E-state index contributed by atoms with van der Waals surface area (Å²) < 4.78 is 1.24. The van der Waals surface area contributed by atoms with Crippen LogP contribution in [0.25, 0.3) is 0 Å². The zero-order valence-corrected chi connectivity index (χ0v) is 10.8. The quantitative estimate of drug-likeness (QED) is 0.787. The van der Waals surface area contributed by atoms with E-state index in [-0.39, 0.29) is 0 Å². The van der Waals surface area contributed by atoms with Crippen LogP contribution in [0.15, 0.2) is 18.2 Å². The van der Waals surface area contributed by atoms with Crippen molar-refractivity contribution in [3.05, 3.63) is 32.4 Å². The molecule has 1 fully saturated rings. The summed E-state index contributed by atoms with van der Waals surface area (Å²) in [5.74, 6) is 0.470. The molecule has 0 aromatic heterocycles. The van der Waals surface area contributed by atoms with Gasteiger partial charge in [-0.3, -0.25) is 0 Å². The highest BCUT2D eigenvalue weighted by atomic mass is 127. The zero-order chi connectivity index (χ0) is 10.1. The topological polar surface area (TPSA) is 26.0 Å². The van der Waals surface area contributed by atoms with Crippen molar-refractivity contribution in [1.29, 1.82) is 0 Å². The third kappa shape index (κ3) is 2.07. The van der Waals surface area contributed by atoms with E-state index in [1.165, 1.54) is 22.0 Å². The molecule has 1 aromatic carbocycles. The molecular formula is C11H13ClIN. The van der Waals surface area contributed by atoms with E-state index in [1.807, 2.05) is 12.1 Å². The molecule has 0 heterocycles. The molecule has 0 saturated heterocycles. The Balaban J connectivity index is 2.34. The first-order valence-electron chi connectivity index (χ1n) is 4.89. The summed E-state index contributed by atoms with van der Waals surface area (Å²) in [6, 6.07) is 6.47. The molecule has 1 aromatic rings. The van der Waals surface area contributed by atoms with Crippen LogP contribution in [0.3, 0.4) is 0 Å². The van der Waals surface area contributed by atoms with Crippen molar-refractivity contribution < 1.29 is 0 Å². The lowest BCUT2D eigenvalue weighted by atomic mass is 9.95. The Morgan fingerprint density at radius 2 is 2.14 bits per heavy atom. The Kier molecular flexibility index (Phi) is 3.34. The molecule has 1 aliphatic rings. The molecule has 0 amide bonds. The lowest BCUT2D eigenvalue weighted by molar-refractivity contribution is 0.613. The molecule has 1 saturated carbocycles. The van der Waals surface area contributed by atoms with Crippen LogP contribution in [0.4, 0.5) is 0 Å². The van der Waals surface area contributed by atoms with Crippen LogP contribution in [0, 0.1) is 3.57 Å². The molecule has 0 bridgehead atoms. The predicted molar refractivity (Wildman–Crippen MR) is 68.7 cm³/mol. The zero-order valence-electron chi connectivity index (χ0n) is 7.84. The van der Waals surface area contributed by atoms with E-state index in [1.54, 1.807) is 0 Å². The molecule has 2 unspecified atom stereocenters. The Morgan fingerprint density at radius 3 is 2.79 bits per heavy atom. The number of benzene rings is 1. The second-order valence-electron chi connectivity index (χ2n) is 3.87. The highest BCUT2D eigenvalue weighted by Crippen LogP contribution is 2.37. The molecule has 2 atom stereocenters. The highest BCUT2D eigenvalue weighted by Gasteiger charge is 2.26. The lowest BCUT2D eigenvalue weighted by Crippen LogP contribution is -2.22. The minimum atomic E-state index is 0.297. The van der Waals surface area contributed by atoms with E-state index < -0.39 is 0 Å². The van der Waals surface area contributed by atoms with Crippen LogP contribution in [0.2, 0.25) is 5.02 Å². The summed E-state index contributed by atoms with van der Waals surface area (Å²) in [6.45, 7) is 0. The average molecular weight is 322 g/mol. The monoisotopic (exact) mass is 321 g/mol. The van der Waals surface area contributed by atoms with Gasteiger partial charge in [-0.2, -0.15) is 0 Å². The number of halogens is 2. The van der Waals surface area contributed by atoms with Crippen LogP contribution in [0.1, 0.15) is 30.7 Å². The fourth-order valence-corrected chi connectivity index (χ4v) is 2.95. The van der Waals surface area contributed by atoms with Crippen molar-refractivity contribution in [1.82, 2.24) is 0 Å². The Morgan fingerprint density at radius 1 is 1.36 bits per heavy atom. The minimum absolute atomic E-state index is 0.297. The normalized spacial score (nSPS) is 26.8. The van der Waals surface area contributed by atoms with E-state index in [4.69, 9.17) is 17.3 Å². The van der Waals surface area contributed by atoms with Crippen LogP contribution in [0.5, 0.6) is 0 Å². The molecular weight excluding hydrogens is 308 g/mol. The third-order valence-corrected chi connectivity index (χ3v) is 3.94. The largest absolute Gasteiger partial charge is 0.327 e. The number of rotatable bonds is 1. The maximum atomic E-state index is 6.18. The number of hydrogen-bond acceptors (Lipinski definition) is 1. The summed E-state index contributed by atoms with van der Waals surface area (Å²) in [7, 11) is 0. The molecule has 76 valence electrons. The van der Waals surface area contributed by atoms with Crippen LogP contribution < -0.4 is 5.73 Å². The minimum Gasteiger partial charge on any atom is -0.327 e. The average Bonchev–Trinajstić information content (AvgIpc) is 2.56. The van der Waals surface area contributed by atoms with Crippen LogP contribution >= 0.6 is 34.2 Å². The molecule has 0 radical (unpaired) electrons. The van der Waals surface area contributed by atoms with Crippen molar-refractivity contribution in [2.75, 3.05) is 0 Å². The van der Waals surface area contributed by atoms with Crippen LogP contribution in [-0.4, -0.2) is 6.04 Å². The van der Waals surface area contributed by atoms with Crippen molar-refractivity contribution in [3.63, 3.8) is 0 Å². The summed E-state index contributed by atoms with van der Waals surface area (Å²) >= 11 is 8.50. The molecule has 0 aliphatic heterocycles. The molecule has 1 aliphatic carbocycles. The van der Waals surface area contributed by atoms with Gasteiger partial charge in [0.25, 0.3) is 0 Å². The smallest absolute Gasteiger partial charge is 0.0442 e. The first-order chi connectivity index (χ1) is 6.68. The van der Waals surface area contributed by atoms with Gasteiger partial charge in [0, 0.05) is 20.6 Å². The number of nitrogens with two attached hydrogens (primary N) is 1. The maximum absolute atomic E-state index is 6.18. The first kappa shape index (κ1) is 10.7. The van der Waals surface area contributed by atoms with Gasteiger partial charge in [-0.1, -0.05) is 18.0 Å². The highest BCUT2D eigenvalue weighted by molar-refractivity contribution is 14.1. The van der Waals surface area contributed by atoms with E-state index in [0.29, 0.717) is 12.0 Å². The van der Waals surface area contributed by atoms with E-state index in [2.05, 4.69) is 28.7 Å². The second kappa shape index (κ2) is 4.37. The first-order valence-corrected chi connectivity index (χ1v) is 6.34. The van der Waals surface area contributed by atoms with Gasteiger partial charge in [0.2, 0.25) is 0 Å². The van der Waals surface area contributed by atoms with Crippen molar-refractivity contribution in [3.8, 4) is 0 Å². The Hall–Kier alpha value is 0.200. The van der Waals surface area contributed by atoms with E-state index in [9.17, 15) is 0 Å². The van der Waals surface area contributed by atoms with E-state index >= 15 is 0 Å². The van der Waals surface area contributed by atoms with Gasteiger partial charge < -0.3 is 5.73 Å². The van der Waals surface area contributed by atoms with Crippen molar-refractivity contribution >= 4 is 34.2 Å². The molecule has 1 nitrogen and oxygen atoms in total. The van der Waals surface area contributed by atoms with Crippen LogP contribution in [-0.2, 0) is 0 Å². The van der Waals surface area contributed by atoms with Gasteiger partial charge >= 0.3 is 0 Å². The van der Waals surface area contributed by atoms with Crippen molar-refractivity contribution in [2.45, 2.75) is 31.2 Å². The van der Waals surface area contributed by atoms with Crippen molar-refractivity contribution in [2.24, 2.45) is 5.73 Å². The summed E-state index contributed by atoms with van der Waals surface area (Å²) in [4.78, 5) is 0. The second-order valence-corrected chi connectivity index (χ2v) is 5.52. The Labute approximate surface area is 103 Å². The molecule has 14 heavy (non-hydrogen) atoms. The fraction of sp³-hybridized carbons (Fsp3) is 0.455. The fourth-order valence-electron chi connectivity index (χ4n) is 2.17. The SMILES string of the molecule is NC1CCCC1c1cc(I)ccc1Cl. The number of hydrogen-bond donors (Lipinski definition) is 1. The molecule has 0 spiro atoms. The lowest BCUT2D eigenvalue weighted by Gasteiger charge is -2.17.